The summed E-state index contributed by atoms with van der Waals surface area (Å²) < 4.78 is 32.7. The van der Waals surface area contributed by atoms with Crippen LogP contribution in [0.5, 0.6) is 23.0 Å². The number of aromatic hydroxyl groups is 4. The van der Waals surface area contributed by atoms with E-state index in [-0.39, 0.29) is 15.4 Å². The number of hydrogen-bond acceptors (Lipinski definition) is 8. The van der Waals surface area contributed by atoms with Crippen molar-refractivity contribution in [1.82, 2.24) is 4.31 Å². The van der Waals surface area contributed by atoms with E-state index in [0.29, 0.717) is 6.08 Å². The first kappa shape index (κ1) is 22.5. The maximum Gasteiger partial charge on any atom is 0.363 e. The molecule has 0 aliphatic heterocycles. The summed E-state index contributed by atoms with van der Waals surface area (Å²) in [4.78, 5) is 24.0. The number of carboxylic acids is 1. The van der Waals surface area contributed by atoms with Gasteiger partial charge >= 0.3 is 16.3 Å². The zero-order valence-corrected chi connectivity index (χ0v) is 15.9. The zero-order chi connectivity index (χ0) is 22.6. The highest BCUT2D eigenvalue weighted by Crippen LogP contribution is 2.27. The number of phenols is 4. The minimum atomic E-state index is -5.32. The summed E-state index contributed by atoms with van der Waals surface area (Å²) in [5.41, 5.74) is 0.232. The lowest BCUT2D eigenvalue weighted by Crippen LogP contribution is -2.48. The number of carbonyl (C=O) groups excluding carboxylic acids is 1. The minimum absolute atomic E-state index is 0.0617. The van der Waals surface area contributed by atoms with Crippen molar-refractivity contribution in [2.24, 2.45) is 0 Å². The molecule has 11 nitrogen and oxygen atoms in total. The number of aliphatic carboxylic acids is 1. The molecule has 30 heavy (non-hydrogen) atoms. The Labute approximate surface area is 170 Å². The third-order valence-corrected chi connectivity index (χ3v) is 4.85. The van der Waals surface area contributed by atoms with Gasteiger partial charge in [0.1, 0.15) is 0 Å². The Kier molecular flexibility index (Phi) is 6.54. The normalized spacial score (nSPS) is 12.6. The maximum absolute atomic E-state index is 12.4. The molecule has 12 heteroatoms. The first-order valence-electron chi connectivity index (χ1n) is 8.14. The lowest BCUT2D eigenvalue weighted by molar-refractivity contribution is -0.145. The second-order valence-corrected chi connectivity index (χ2v) is 7.36. The van der Waals surface area contributed by atoms with Gasteiger partial charge in [0, 0.05) is 12.5 Å². The topological polar surface area (TPSA) is 193 Å². The van der Waals surface area contributed by atoms with Gasteiger partial charge in [-0.3, -0.25) is 9.35 Å². The first-order valence-corrected chi connectivity index (χ1v) is 9.54. The zero-order valence-electron chi connectivity index (χ0n) is 15.1. The van der Waals surface area contributed by atoms with Crippen molar-refractivity contribution >= 4 is 28.3 Å². The average molecular weight is 439 g/mol. The SMILES string of the molecule is O=C(O)C(Cc1ccc(O)c(O)c1)N(C(=O)/C=C/c1ccc(O)c(O)c1)S(=O)(=O)O. The van der Waals surface area contributed by atoms with Crippen LogP contribution in [0, 0.1) is 0 Å². The predicted molar refractivity (Wildman–Crippen MR) is 102 cm³/mol. The molecular weight excluding hydrogens is 422 g/mol. The molecular formula is C18H17NO10S. The van der Waals surface area contributed by atoms with Crippen LogP contribution in [0.3, 0.4) is 0 Å². The Morgan fingerprint density at radius 1 is 0.933 bits per heavy atom. The molecule has 1 amide bonds. The highest BCUT2D eigenvalue weighted by Gasteiger charge is 2.37. The minimum Gasteiger partial charge on any atom is -0.504 e. The van der Waals surface area contributed by atoms with E-state index in [1.54, 1.807) is 0 Å². The van der Waals surface area contributed by atoms with E-state index in [2.05, 4.69) is 0 Å². The molecule has 0 fully saturated rings. The molecule has 0 aromatic heterocycles. The van der Waals surface area contributed by atoms with Gasteiger partial charge in [-0.05, 0) is 41.5 Å². The fraction of sp³-hybridized carbons (Fsp3) is 0.111. The highest BCUT2D eigenvalue weighted by molar-refractivity contribution is 7.84. The number of nitrogens with zero attached hydrogens (tertiary/aromatic N) is 1. The van der Waals surface area contributed by atoms with Crippen molar-refractivity contribution in [3.8, 4) is 23.0 Å². The van der Waals surface area contributed by atoms with Crippen LogP contribution >= 0.6 is 0 Å². The number of hydrogen-bond donors (Lipinski definition) is 6. The lowest BCUT2D eigenvalue weighted by atomic mass is 10.1. The smallest absolute Gasteiger partial charge is 0.363 e. The maximum atomic E-state index is 12.4. The molecule has 2 aromatic rings. The fourth-order valence-corrected chi connectivity index (χ4v) is 3.28. The molecule has 0 heterocycles. The fourth-order valence-electron chi connectivity index (χ4n) is 2.50. The van der Waals surface area contributed by atoms with Gasteiger partial charge in [0.05, 0.1) is 0 Å². The van der Waals surface area contributed by atoms with Gasteiger partial charge < -0.3 is 25.5 Å². The summed E-state index contributed by atoms with van der Waals surface area (Å²) >= 11 is 0. The molecule has 0 spiro atoms. The molecule has 0 saturated carbocycles. The Hall–Kier alpha value is -3.77. The summed E-state index contributed by atoms with van der Waals surface area (Å²) in [6, 6.07) is 4.60. The molecule has 6 N–H and O–H groups in total. The van der Waals surface area contributed by atoms with Crippen LogP contribution in [-0.4, -0.2) is 60.7 Å². The number of benzene rings is 2. The molecule has 160 valence electrons. The second kappa shape index (κ2) is 8.71. The van der Waals surface area contributed by atoms with Crippen LogP contribution in [0.4, 0.5) is 0 Å². The number of carbonyl (C=O) groups is 2. The number of phenolic OH excluding ortho intramolecular Hbond substituents is 4. The van der Waals surface area contributed by atoms with E-state index in [0.717, 1.165) is 30.3 Å². The quantitative estimate of drug-likeness (QED) is 0.205. The number of amides is 1. The highest BCUT2D eigenvalue weighted by atomic mass is 32.2. The molecule has 0 aliphatic carbocycles. The van der Waals surface area contributed by atoms with Gasteiger partial charge in [0.15, 0.2) is 29.0 Å². The van der Waals surface area contributed by atoms with E-state index < -0.39 is 57.6 Å². The van der Waals surface area contributed by atoms with Crippen LogP contribution in [0.1, 0.15) is 11.1 Å². The molecule has 0 saturated heterocycles. The second-order valence-electron chi connectivity index (χ2n) is 6.07. The summed E-state index contributed by atoms with van der Waals surface area (Å²) in [5.74, 6) is -5.18. The molecule has 0 bridgehead atoms. The largest absolute Gasteiger partial charge is 0.504 e. The Morgan fingerprint density at radius 2 is 1.50 bits per heavy atom. The van der Waals surface area contributed by atoms with Crippen molar-refractivity contribution in [2.75, 3.05) is 0 Å². The van der Waals surface area contributed by atoms with Crippen molar-refractivity contribution < 1.29 is 48.1 Å². The van der Waals surface area contributed by atoms with E-state index in [1.807, 2.05) is 0 Å². The van der Waals surface area contributed by atoms with Gasteiger partial charge in [-0.2, -0.15) is 12.7 Å². The molecule has 2 aromatic carbocycles. The van der Waals surface area contributed by atoms with E-state index in [1.165, 1.54) is 12.1 Å². The van der Waals surface area contributed by atoms with Crippen molar-refractivity contribution in [2.45, 2.75) is 12.5 Å². The third-order valence-electron chi connectivity index (χ3n) is 3.92. The molecule has 1 atom stereocenters. The van der Waals surface area contributed by atoms with Gasteiger partial charge in [0.25, 0.3) is 5.91 Å². The summed E-state index contributed by atoms with van der Waals surface area (Å²) in [7, 11) is -5.32. The predicted octanol–water partition coefficient (Wildman–Crippen LogP) is 0.849. The molecule has 2 rings (SSSR count). The van der Waals surface area contributed by atoms with Crippen LogP contribution < -0.4 is 0 Å². The third kappa shape index (κ3) is 5.40. The Balaban J connectivity index is 2.38. The Bertz CT molecular complexity index is 1110. The van der Waals surface area contributed by atoms with Crippen LogP contribution in [-0.2, 0) is 26.3 Å². The first-order chi connectivity index (χ1) is 13.9. The number of carboxylic acid groups (broad SMARTS) is 1. The van der Waals surface area contributed by atoms with Gasteiger partial charge in [0.2, 0.25) is 0 Å². The van der Waals surface area contributed by atoms with E-state index in [9.17, 15) is 48.1 Å². The summed E-state index contributed by atoms with van der Waals surface area (Å²) in [6.07, 6.45) is 1.07. The van der Waals surface area contributed by atoms with Crippen molar-refractivity contribution in [3.63, 3.8) is 0 Å². The van der Waals surface area contributed by atoms with Crippen LogP contribution in [0.15, 0.2) is 42.5 Å². The summed E-state index contributed by atoms with van der Waals surface area (Å²) in [6.45, 7) is 0. The average Bonchev–Trinajstić information content (AvgIpc) is 2.64. The van der Waals surface area contributed by atoms with Crippen LogP contribution in [0.2, 0.25) is 0 Å². The molecule has 1 unspecified atom stereocenters. The standard InChI is InChI=1S/C18H17NO10S/c20-13-4-1-10(8-15(13)22)3-6-17(24)19(30(27,28)29)12(18(25)26)7-11-2-5-14(21)16(23)9-11/h1-6,8-9,12,20-23H,7H2,(H,25,26)(H,27,28,29)/b6-3+. The van der Waals surface area contributed by atoms with Crippen molar-refractivity contribution in [3.05, 3.63) is 53.6 Å². The molecule has 0 radical (unpaired) electrons. The Morgan fingerprint density at radius 3 is 2.00 bits per heavy atom. The van der Waals surface area contributed by atoms with Crippen molar-refractivity contribution in [1.29, 1.82) is 0 Å². The summed E-state index contributed by atoms with van der Waals surface area (Å²) in [5, 5.41) is 47.0. The van der Waals surface area contributed by atoms with Gasteiger partial charge in [-0.15, -0.1) is 0 Å². The van der Waals surface area contributed by atoms with E-state index >= 15 is 0 Å². The number of rotatable bonds is 7. The van der Waals surface area contributed by atoms with Gasteiger partial charge in [-0.1, -0.05) is 12.1 Å². The lowest BCUT2D eigenvalue weighted by Gasteiger charge is -2.24. The molecule has 0 aliphatic rings. The monoisotopic (exact) mass is 439 g/mol. The van der Waals surface area contributed by atoms with E-state index in [4.69, 9.17) is 0 Å². The van der Waals surface area contributed by atoms with Crippen LogP contribution in [0.25, 0.3) is 6.08 Å². The van der Waals surface area contributed by atoms with Gasteiger partial charge in [-0.25, -0.2) is 4.79 Å².